The Morgan fingerprint density at radius 3 is 1.67 bits per heavy atom. The summed E-state index contributed by atoms with van der Waals surface area (Å²) >= 11 is 0. The summed E-state index contributed by atoms with van der Waals surface area (Å²) in [5.74, 6) is 0. The van der Waals surface area contributed by atoms with Crippen LogP contribution in [-0.4, -0.2) is 0 Å². The van der Waals surface area contributed by atoms with Gasteiger partial charge in [0.25, 0.3) is 0 Å². The lowest BCUT2D eigenvalue weighted by atomic mass is 9.95. The van der Waals surface area contributed by atoms with Crippen LogP contribution in [0.3, 0.4) is 0 Å². The molecule has 0 aliphatic heterocycles. The van der Waals surface area contributed by atoms with E-state index in [4.69, 9.17) is 0 Å². The van der Waals surface area contributed by atoms with Crippen LogP contribution >= 0.6 is 0 Å². The quantitative estimate of drug-likeness (QED) is 0.301. The molecule has 0 heterocycles. The van der Waals surface area contributed by atoms with Gasteiger partial charge in [-0.3, -0.25) is 0 Å². The lowest BCUT2D eigenvalue weighted by Gasteiger charge is -2.09. The van der Waals surface area contributed by atoms with Crippen LogP contribution in [0.5, 0.6) is 0 Å². The highest BCUT2D eigenvalue weighted by molar-refractivity contribution is 5.84. The van der Waals surface area contributed by atoms with Gasteiger partial charge in [-0.05, 0) is 64.4 Å². The molecule has 0 bridgehead atoms. The molecule has 4 rings (SSSR count). The van der Waals surface area contributed by atoms with E-state index in [9.17, 15) is 0 Å². The Kier molecular flexibility index (Phi) is 6.06. The third kappa shape index (κ3) is 4.50. The molecule has 4 aromatic carbocycles. The fraction of sp³-hybridized carbons (Fsp3) is 0.0667. The molecular weight excluding hydrogens is 360 g/mol. The normalized spacial score (nSPS) is 12.1. The first-order chi connectivity index (χ1) is 14.7. The number of hydrogen-bond donors (Lipinski definition) is 0. The summed E-state index contributed by atoms with van der Waals surface area (Å²) in [6.07, 6.45) is 4.46. The second-order valence-electron chi connectivity index (χ2n) is 7.46. The first kappa shape index (κ1) is 19.7. The van der Waals surface area contributed by atoms with Crippen molar-refractivity contribution in [2.45, 2.75) is 13.8 Å². The van der Waals surface area contributed by atoms with Crippen molar-refractivity contribution in [3.05, 3.63) is 132 Å². The molecule has 0 heteroatoms. The van der Waals surface area contributed by atoms with Crippen molar-refractivity contribution < 1.29 is 0 Å². The molecule has 0 fully saturated rings. The summed E-state index contributed by atoms with van der Waals surface area (Å²) < 4.78 is 0. The van der Waals surface area contributed by atoms with E-state index in [1.165, 1.54) is 44.5 Å². The van der Waals surface area contributed by atoms with Crippen LogP contribution in [0.15, 0.2) is 121 Å². The van der Waals surface area contributed by atoms with E-state index < -0.39 is 0 Å². The van der Waals surface area contributed by atoms with Crippen molar-refractivity contribution >= 4 is 11.1 Å². The Morgan fingerprint density at radius 2 is 1.03 bits per heavy atom. The Morgan fingerprint density at radius 1 is 0.533 bits per heavy atom. The molecule has 0 aliphatic carbocycles. The van der Waals surface area contributed by atoms with E-state index in [1.807, 2.05) is 0 Å². The third-order valence-corrected chi connectivity index (χ3v) is 5.43. The molecule has 0 aliphatic rings. The van der Waals surface area contributed by atoms with Gasteiger partial charge in [0.15, 0.2) is 0 Å². The molecule has 0 N–H and O–H groups in total. The van der Waals surface area contributed by atoms with Gasteiger partial charge in [0.2, 0.25) is 0 Å². The third-order valence-electron chi connectivity index (χ3n) is 5.43. The number of hydrogen-bond acceptors (Lipinski definition) is 0. The molecule has 0 radical (unpaired) electrons. The highest BCUT2D eigenvalue weighted by atomic mass is 14.1. The second-order valence-corrected chi connectivity index (χ2v) is 7.46. The maximum atomic E-state index is 2.28. The Labute approximate surface area is 179 Å². The summed E-state index contributed by atoms with van der Waals surface area (Å²) in [6.45, 7) is 4.27. The first-order valence-corrected chi connectivity index (χ1v) is 10.4. The van der Waals surface area contributed by atoms with Crippen molar-refractivity contribution in [2.75, 3.05) is 0 Å². The average molecular weight is 387 g/mol. The van der Waals surface area contributed by atoms with Crippen LogP contribution in [0, 0.1) is 0 Å². The smallest absolute Gasteiger partial charge is 0.0178 e. The van der Waals surface area contributed by atoms with Gasteiger partial charge >= 0.3 is 0 Å². The number of allylic oxidation sites excluding steroid dienone is 4. The maximum Gasteiger partial charge on any atom is -0.0178 e. The Hall–Kier alpha value is -3.64. The van der Waals surface area contributed by atoms with E-state index in [0.29, 0.717) is 0 Å². The van der Waals surface area contributed by atoms with Gasteiger partial charge in [0, 0.05) is 0 Å². The lowest BCUT2D eigenvalue weighted by molar-refractivity contribution is 1.54. The van der Waals surface area contributed by atoms with Crippen molar-refractivity contribution in [1.29, 1.82) is 0 Å². The predicted octanol–water partition coefficient (Wildman–Crippen LogP) is 8.53. The molecular formula is C30H26. The van der Waals surface area contributed by atoms with Crippen LogP contribution in [-0.2, 0) is 0 Å². The fourth-order valence-corrected chi connectivity index (χ4v) is 3.72. The SMILES string of the molecule is C/C=C(\C=C(/C)c1ccccc1)c1cccc(-c2ccc(-c3ccccc3)cc2)c1. The zero-order chi connectivity index (χ0) is 20.8. The summed E-state index contributed by atoms with van der Waals surface area (Å²) in [7, 11) is 0. The number of benzene rings is 4. The van der Waals surface area contributed by atoms with Gasteiger partial charge in [0.1, 0.15) is 0 Å². The predicted molar refractivity (Wildman–Crippen MR) is 131 cm³/mol. The summed E-state index contributed by atoms with van der Waals surface area (Å²) in [6, 6.07) is 38.7. The van der Waals surface area contributed by atoms with Gasteiger partial charge in [-0.2, -0.15) is 0 Å². The van der Waals surface area contributed by atoms with E-state index in [2.05, 4.69) is 135 Å². The average Bonchev–Trinajstić information content (AvgIpc) is 2.83. The number of rotatable bonds is 5. The molecule has 146 valence electrons. The van der Waals surface area contributed by atoms with Gasteiger partial charge in [-0.1, -0.05) is 115 Å². The Balaban J connectivity index is 1.62. The van der Waals surface area contributed by atoms with Crippen molar-refractivity contribution in [3.63, 3.8) is 0 Å². The van der Waals surface area contributed by atoms with Crippen molar-refractivity contribution in [2.24, 2.45) is 0 Å². The summed E-state index contributed by atoms with van der Waals surface area (Å²) in [5, 5.41) is 0. The Bertz CT molecular complexity index is 1160. The van der Waals surface area contributed by atoms with Crippen LogP contribution in [0.25, 0.3) is 33.4 Å². The minimum atomic E-state index is 1.23. The van der Waals surface area contributed by atoms with Gasteiger partial charge in [0.05, 0.1) is 0 Å². The highest BCUT2D eigenvalue weighted by Crippen LogP contribution is 2.28. The zero-order valence-corrected chi connectivity index (χ0v) is 17.5. The van der Waals surface area contributed by atoms with Crippen LogP contribution in [0.2, 0.25) is 0 Å². The van der Waals surface area contributed by atoms with Gasteiger partial charge in [-0.25, -0.2) is 0 Å². The van der Waals surface area contributed by atoms with Gasteiger partial charge < -0.3 is 0 Å². The summed E-state index contributed by atoms with van der Waals surface area (Å²) in [4.78, 5) is 0. The second kappa shape index (κ2) is 9.24. The monoisotopic (exact) mass is 386 g/mol. The molecule has 0 spiro atoms. The molecule has 0 aromatic heterocycles. The van der Waals surface area contributed by atoms with Crippen LogP contribution in [0.1, 0.15) is 25.0 Å². The molecule has 0 amide bonds. The summed E-state index contributed by atoms with van der Waals surface area (Å²) in [5.41, 5.74) is 9.94. The maximum absolute atomic E-state index is 2.28. The molecule has 30 heavy (non-hydrogen) atoms. The van der Waals surface area contributed by atoms with E-state index in [1.54, 1.807) is 0 Å². The molecule has 0 nitrogen and oxygen atoms in total. The van der Waals surface area contributed by atoms with Crippen LogP contribution < -0.4 is 0 Å². The molecule has 0 saturated carbocycles. The topological polar surface area (TPSA) is 0 Å². The molecule has 0 saturated heterocycles. The zero-order valence-electron chi connectivity index (χ0n) is 17.5. The van der Waals surface area contributed by atoms with Crippen molar-refractivity contribution in [1.82, 2.24) is 0 Å². The molecule has 0 atom stereocenters. The molecule has 0 unspecified atom stereocenters. The minimum absolute atomic E-state index is 1.23. The first-order valence-electron chi connectivity index (χ1n) is 10.4. The largest absolute Gasteiger partial charge is 0.0798 e. The van der Waals surface area contributed by atoms with E-state index >= 15 is 0 Å². The standard InChI is InChI=1S/C30H26/c1-3-24(21-23(2)25-11-6-4-7-12-25)29-15-10-16-30(22-29)28-19-17-27(18-20-28)26-13-8-5-9-14-26/h3-22H,1-2H3/b23-21+,24-3+. The highest BCUT2D eigenvalue weighted by Gasteiger charge is 2.05. The molecule has 4 aromatic rings. The van der Waals surface area contributed by atoms with Crippen molar-refractivity contribution in [3.8, 4) is 22.3 Å². The van der Waals surface area contributed by atoms with Crippen LogP contribution in [0.4, 0.5) is 0 Å². The minimum Gasteiger partial charge on any atom is -0.0798 e. The van der Waals surface area contributed by atoms with Gasteiger partial charge in [-0.15, -0.1) is 0 Å². The lowest BCUT2D eigenvalue weighted by Crippen LogP contribution is -1.86. The van der Waals surface area contributed by atoms with E-state index in [-0.39, 0.29) is 0 Å². The fourth-order valence-electron chi connectivity index (χ4n) is 3.72. The van der Waals surface area contributed by atoms with E-state index in [0.717, 1.165) is 0 Å².